The van der Waals surface area contributed by atoms with E-state index >= 15 is 0 Å². The number of likely N-dealkylation sites (tertiary alicyclic amines) is 1. The first-order valence-corrected chi connectivity index (χ1v) is 9.45. The number of ether oxygens (including phenoxy) is 1. The minimum absolute atomic E-state index is 0.00115. The van der Waals surface area contributed by atoms with E-state index in [1.807, 2.05) is 6.07 Å². The molecule has 4 atom stereocenters. The predicted octanol–water partition coefficient (Wildman–Crippen LogP) is 0.964. The highest BCUT2D eigenvalue weighted by molar-refractivity contribution is 6.43. The molecule has 2 rings (SSSR count). The van der Waals surface area contributed by atoms with Crippen LogP contribution in [0.15, 0.2) is 24.3 Å². The van der Waals surface area contributed by atoms with Crippen molar-refractivity contribution < 1.29 is 33.2 Å². The molecule has 1 unspecified atom stereocenters. The minimum Gasteiger partial charge on any atom is -0.447 e. The zero-order chi connectivity index (χ0) is 22.5. The normalized spacial score (nSPS) is 22.7. The van der Waals surface area contributed by atoms with Crippen molar-refractivity contribution in [2.45, 2.75) is 44.3 Å². The first-order valence-electron chi connectivity index (χ1n) is 9.45. The van der Waals surface area contributed by atoms with Crippen molar-refractivity contribution in [3.8, 4) is 6.07 Å². The maximum Gasteiger partial charge on any atom is 0.475 e. The van der Waals surface area contributed by atoms with Gasteiger partial charge >= 0.3 is 13.2 Å². The van der Waals surface area contributed by atoms with Gasteiger partial charge in [-0.2, -0.15) is 5.26 Å². The van der Waals surface area contributed by atoms with E-state index in [1.165, 1.54) is 36.1 Å². The summed E-state index contributed by atoms with van der Waals surface area (Å²) in [7, 11) is -1.91. The number of alkyl halides is 1. The average Bonchev–Trinajstić information content (AvgIpc) is 3.00. The van der Waals surface area contributed by atoms with Crippen LogP contribution in [0.1, 0.15) is 25.8 Å². The summed E-state index contributed by atoms with van der Waals surface area (Å²) in [5.41, 5.74) is -0.580. The van der Waals surface area contributed by atoms with Crippen LogP contribution < -0.4 is 5.32 Å². The average molecular weight is 423 g/mol. The highest BCUT2D eigenvalue weighted by atomic mass is 19.1. The van der Waals surface area contributed by atoms with E-state index < -0.39 is 48.5 Å². The highest BCUT2D eigenvalue weighted by Gasteiger charge is 2.47. The highest BCUT2D eigenvalue weighted by Crippen LogP contribution is 2.32. The number of carbonyl (C=O) groups excluding carboxylic acids is 2. The third-order valence-electron chi connectivity index (χ3n) is 5.07. The molecule has 1 saturated heterocycles. The maximum atomic E-state index is 14.0. The van der Waals surface area contributed by atoms with Crippen molar-refractivity contribution in [2.75, 3.05) is 13.2 Å². The molecule has 0 radical (unpaired) electrons. The van der Waals surface area contributed by atoms with Crippen LogP contribution in [0.3, 0.4) is 0 Å². The van der Waals surface area contributed by atoms with Gasteiger partial charge in [-0.25, -0.2) is 13.6 Å². The fourth-order valence-corrected chi connectivity index (χ4v) is 3.37. The number of nitrogens with one attached hydrogen (secondary N) is 1. The van der Waals surface area contributed by atoms with Crippen LogP contribution in [0, 0.1) is 23.1 Å². The van der Waals surface area contributed by atoms with Crippen LogP contribution in [0.4, 0.5) is 13.6 Å². The molecular formula is C19H24BF2N3O5. The summed E-state index contributed by atoms with van der Waals surface area (Å²) in [6.07, 6.45) is -2.37. The van der Waals surface area contributed by atoms with E-state index in [9.17, 15) is 28.4 Å². The van der Waals surface area contributed by atoms with Gasteiger partial charge in [-0.3, -0.25) is 4.79 Å². The van der Waals surface area contributed by atoms with Crippen molar-refractivity contribution >= 4 is 19.1 Å². The van der Waals surface area contributed by atoms with Crippen molar-refractivity contribution in [3.63, 3.8) is 0 Å². The second-order valence-corrected chi connectivity index (χ2v) is 7.67. The van der Waals surface area contributed by atoms with Crippen LogP contribution in [-0.2, 0) is 16.0 Å². The summed E-state index contributed by atoms with van der Waals surface area (Å²) in [5, 5.41) is 30.3. The van der Waals surface area contributed by atoms with Crippen molar-refractivity contribution in [3.05, 3.63) is 35.6 Å². The number of alkyl carbamates (subject to hydrolysis) is 1. The van der Waals surface area contributed by atoms with Gasteiger partial charge in [0.2, 0.25) is 5.91 Å². The van der Waals surface area contributed by atoms with Crippen molar-refractivity contribution in [2.24, 2.45) is 5.92 Å². The molecule has 3 N–H and O–H groups in total. The standard InChI is InChI=1S/C19H24BF2N3O5/c1-12(9-23)17(26)25-10-15(22)8-19(25,2)11-30-18(27)24-16(20(28)29)7-13-3-5-14(21)6-4-13/h3-6,12,15-16,28-29H,7-8,10-11H2,1-2H3,(H,24,27)/t12?,15-,16-,19+/m0/s1. The van der Waals surface area contributed by atoms with Crippen LogP contribution in [0.2, 0.25) is 0 Å². The lowest BCUT2D eigenvalue weighted by Gasteiger charge is -2.35. The number of nitriles is 1. The van der Waals surface area contributed by atoms with E-state index in [1.54, 1.807) is 6.92 Å². The molecule has 162 valence electrons. The number of amides is 2. The van der Waals surface area contributed by atoms with Crippen LogP contribution >= 0.6 is 0 Å². The number of hydrogen-bond acceptors (Lipinski definition) is 6. The molecule has 1 aromatic carbocycles. The molecule has 1 fully saturated rings. The molecule has 0 saturated carbocycles. The number of halogens is 2. The summed E-state index contributed by atoms with van der Waals surface area (Å²) in [5.74, 6) is -3.10. The molecule has 0 spiro atoms. The predicted molar refractivity (Wildman–Crippen MR) is 103 cm³/mol. The molecule has 0 aliphatic carbocycles. The number of benzene rings is 1. The van der Waals surface area contributed by atoms with Gasteiger partial charge in [0.1, 0.15) is 24.5 Å². The Hall–Kier alpha value is -2.71. The number of hydrogen-bond donors (Lipinski definition) is 3. The molecule has 1 aromatic rings. The molecule has 2 amide bonds. The third kappa shape index (κ3) is 5.90. The third-order valence-corrected chi connectivity index (χ3v) is 5.07. The molecule has 0 aromatic heterocycles. The molecule has 0 bridgehead atoms. The second kappa shape index (κ2) is 9.87. The van der Waals surface area contributed by atoms with Gasteiger partial charge in [0, 0.05) is 6.42 Å². The molecule has 1 aliphatic heterocycles. The zero-order valence-corrected chi connectivity index (χ0v) is 16.7. The number of rotatable bonds is 7. The largest absolute Gasteiger partial charge is 0.475 e. The lowest BCUT2D eigenvalue weighted by atomic mass is 9.76. The van der Waals surface area contributed by atoms with E-state index in [4.69, 9.17) is 10.00 Å². The van der Waals surface area contributed by atoms with Crippen molar-refractivity contribution in [1.82, 2.24) is 10.2 Å². The van der Waals surface area contributed by atoms with Crippen LogP contribution in [0.25, 0.3) is 0 Å². The van der Waals surface area contributed by atoms with Gasteiger partial charge in [0.15, 0.2) is 0 Å². The van der Waals surface area contributed by atoms with Crippen LogP contribution in [0.5, 0.6) is 0 Å². The molecule has 30 heavy (non-hydrogen) atoms. The Morgan fingerprint density at radius 3 is 2.63 bits per heavy atom. The maximum absolute atomic E-state index is 14.0. The molecule has 1 aliphatic rings. The minimum atomic E-state index is -1.91. The van der Waals surface area contributed by atoms with E-state index in [0.717, 1.165) is 0 Å². The first-order chi connectivity index (χ1) is 14.1. The van der Waals surface area contributed by atoms with E-state index in [0.29, 0.717) is 5.56 Å². The summed E-state index contributed by atoms with van der Waals surface area (Å²) in [6, 6.07) is 7.11. The Labute approximate surface area is 173 Å². The zero-order valence-electron chi connectivity index (χ0n) is 16.7. The monoisotopic (exact) mass is 423 g/mol. The van der Waals surface area contributed by atoms with Gasteiger partial charge in [-0.15, -0.1) is 0 Å². The van der Waals surface area contributed by atoms with Gasteiger partial charge in [0.25, 0.3) is 0 Å². The molecule has 1 heterocycles. The van der Waals surface area contributed by atoms with Crippen LogP contribution in [-0.4, -0.2) is 64.9 Å². The first kappa shape index (κ1) is 23.6. The van der Waals surface area contributed by atoms with E-state index in [2.05, 4.69) is 5.32 Å². The fourth-order valence-electron chi connectivity index (χ4n) is 3.37. The quantitative estimate of drug-likeness (QED) is 0.562. The molecule has 11 heteroatoms. The molecule has 8 nitrogen and oxygen atoms in total. The lowest BCUT2D eigenvalue weighted by molar-refractivity contribution is -0.138. The van der Waals surface area contributed by atoms with Gasteiger partial charge < -0.3 is 25.0 Å². The summed E-state index contributed by atoms with van der Waals surface area (Å²) < 4.78 is 32.1. The Morgan fingerprint density at radius 1 is 1.43 bits per heavy atom. The topological polar surface area (TPSA) is 123 Å². The summed E-state index contributed by atoms with van der Waals surface area (Å²) >= 11 is 0. The van der Waals surface area contributed by atoms with Gasteiger partial charge in [-0.1, -0.05) is 12.1 Å². The van der Waals surface area contributed by atoms with Gasteiger partial charge in [0.05, 0.1) is 24.1 Å². The Bertz CT molecular complexity index is 804. The van der Waals surface area contributed by atoms with Gasteiger partial charge in [-0.05, 0) is 38.0 Å². The number of nitrogens with zero attached hydrogens (tertiary/aromatic N) is 2. The summed E-state index contributed by atoms with van der Waals surface area (Å²) in [6.45, 7) is 2.42. The Kier molecular flexibility index (Phi) is 7.75. The SMILES string of the molecule is CC(C#N)C(=O)N1C[C@@H](F)C[C@]1(C)COC(=O)N[C@@H](Cc1ccc(F)cc1)B(O)O. The van der Waals surface area contributed by atoms with Crippen molar-refractivity contribution in [1.29, 1.82) is 5.26 Å². The Morgan fingerprint density at radius 2 is 2.07 bits per heavy atom. The number of carbonyl (C=O) groups is 2. The smallest absolute Gasteiger partial charge is 0.447 e. The fraction of sp³-hybridized carbons (Fsp3) is 0.526. The second-order valence-electron chi connectivity index (χ2n) is 7.67. The summed E-state index contributed by atoms with van der Waals surface area (Å²) in [4.78, 5) is 25.8. The molecular weight excluding hydrogens is 399 g/mol. The van der Waals surface area contributed by atoms with E-state index in [-0.39, 0.29) is 26.0 Å². The Balaban J connectivity index is 1.99. The lowest BCUT2D eigenvalue weighted by Crippen LogP contribution is -2.52.